The van der Waals surface area contributed by atoms with Crippen molar-refractivity contribution in [3.05, 3.63) is 40.7 Å². The third-order valence-corrected chi connectivity index (χ3v) is 9.19. The van der Waals surface area contributed by atoms with Crippen molar-refractivity contribution in [2.24, 2.45) is 0 Å². The minimum Gasteiger partial charge on any atom is -0.335 e. The van der Waals surface area contributed by atoms with Crippen LogP contribution in [0.2, 0.25) is 5.02 Å². The van der Waals surface area contributed by atoms with Gasteiger partial charge in [-0.2, -0.15) is 4.31 Å². The number of halogens is 1. The van der Waals surface area contributed by atoms with Gasteiger partial charge in [0.1, 0.15) is 0 Å². The number of anilines is 1. The molecule has 0 atom stereocenters. The lowest BCUT2D eigenvalue weighted by molar-refractivity contribution is -0.113. The van der Waals surface area contributed by atoms with Crippen molar-refractivity contribution in [2.45, 2.75) is 35.7 Å². The molecule has 1 aromatic carbocycles. The van der Waals surface area contributed by atoms with Crippen LogP contribution in [0, 0.1) is 0 Å². The number of nitrogens with zero attached hydrogens (tertiary/aromatic N) is 4. The summed E-state index contributed by atoms with van der Waals surface area (Å²) in [7, 11) is -3.66. The molecule has 33 heavy (non-hydrogen) atoms. The molecule has 3 heterocycles. The number of carbonyl (C=O) groups excluding carboxylic acids is 1. The molecule has 2 aromatic heterocycles. The number of nitrogen functional groups attached to an aromatic ring is 1. The first-order valence-electron chi connectivity index (χ1n) is 10.3. The van der Waals surface area contributed by atoms with Crippen LogP contribution in [-0.2, 0) is 14.8 Å². The summed E-state index contributed by atoms with van der Waals surface area (Å²) in [4.78, 5) is 13.5. The zero-order chi connectivity index (χ0) is 23.4. The van der Waals surface area contributed by atoms with Gasteiger partial charge in [-0.1, -0.05) is 42.3 Å². The van der Waals surface area contributed by atoms with E-state index in [0.29, 0.717) is 24.1 Å². The molecule has 0 aliphatic carbocycles. The van der Waals surface area contributed by atoms with Crippen molar-refractivity contribution in [1.29, 1.82) is 0 Å². The number of amides is 1. The van der Waals surface area contributed by atoms with Crippen LogP contribution in [0.4, 0.5) is 5.69 Å². The number of aromatic nitrogens is 3. The molecular weight excluding hydrogens is 504 g/mol. The highest BCUT2D eigenvalue weighted by molar-refractivity contribution is 7.99. The van der Waals surface area contributed by atoms with Crippen molar-refractivity contribution in [3.8, 4) is 10.7 Å². The van der Waals surface area contributed by atoms with Crippen LogP contribution in [0.25, 0.3) is 10.7 Å². The first-order valence-corrected chi connectivity index (χ1v) is 14.0. The van der Waals surface area contributed by atoms with E-state index in [1.165, 1.54) is 38.5 Å². The highest BCUT2D eigenvalue weighted by Crippen LogP contribution is 2.29. The van der Waals surface area contributed by atoms with E-state index in [-0.39, 0.29) is 27.3 Å². The van der Waals surface area contributed by atoms with Gasteiger partial charge in [0.05, 0.1) is 26.2 Å². The molecule has 3 aromatic rings. The van der Waals surface area contributed by atoms with E-state index < -0.39 is 10.0 Å². The summed E-state index contributed by atoms with van der Waals surface area (Å²) in [6.07, 6.45) is 3.73. The van der Waals surface area contributed by atoms with Gasteiger partial charge < -0.3 is 11.2 Å². The van der Waals surface area contributed by atoms with Crippen LogP contribution in [0.1, 0.15) is 25.7 Å². The summed E-state index contributed by atoms with van der Waals surface area (Å²) in [5.74, 6) is 6.21. The summed E-state index contributed by atoms with van der Waals surface area (Å²) in [5.41, 5.74) is 0.242. The smallest absolute Gasteiger partial charge is 0.243 e. The quantitative estimate of drug-likeness (QED) is 0.355. The Morgan fingerprint density at radius 1 is 1.18 bits per heavy atom. The van der Waals surface area contributed by atoms with E-state index in [2.05, 4.69) is 15.5 Å². The van der Waals surface area contributed by atoms with Crippen LogP contribution in [0.15, 0.2) is 45.8 Å². The van der Waals surface area contributed by atoms with Gasteiger partial charge in [-0.3, -0.25) is 4.79 Å². The van der Waals surface area contributed by atoms with Crippen LogP contribution in [0.3, 0.4) is 0 Å². The normalized spacial score (nSPS) is 15.3. The molecule has 9 nitrogen and oxygen atoms in total. The van der Waals surface area contributed by atoms with Crippen LogP contribution in [-0.4, -0.2) is 52.3 Å². The summed E-state index contributed by atoms with van der Waals surface area (Å²) < 4.78 is 29.0. The number of hydrogen-bond acceptors (Lipinski definition) is 8. The molecule has 3 N–H and O–H groups in total. The van der Waals surface area contributed by atoms with E-state index in [1.54, 1.807) is 0 Å². The van der Waals surface area contributed by atoms with E-state index >= 15 is 0 Å². The first kappa shape index (κ1) is 24.0. The van der Waals surface area contributed by atoms with Crippen molar-refractivity contribution in [1.82, 2.24) is 19.2 Å². The van der Waals surface area contributed by atoms with E-state index in [1.807, 2.05) is 17.5 Å². The van der Waals surface area contributed by atoms with Crippen molar-refractivity contribution < 1.29 is 13.2 Å². The minimum absolute atomic E-state index is 0.000788. The highest BCUT2D eigenvalue weighted by Gasteiger charge is 2.26. The molecule has 0 radical (unpaired) electrons. The summed E-state index contributed by atoms with van der Waals surface area (Å²) in [6.45, 7) is 0.993. The molecule has 176 valence electrons. The Morgan fingerprint density at radius 2 is 1.94 bits per heavy atom. The van der Waals surface area contributed by atoms with Gasteiger partial charge in [-0.05, 0) is 42.5 Å². The number of nitrogens with one attached hydrogen (secondary N) is 1. The van der Waals surface area contributed by atoms with Gasteiger partial charge in [0.2, 0.25) is 21.1 Å². The topological polar surface area (TPSA) is 123 Å². The van der Waals surface area contributed by atoms with Crippen LogP contribution >= 0.6 is 34.7 Å². The zero-order valence-corrected chi connectivity index (χ0v) is 20.8. The molecule has 4 rings (SSSR count). The van der Waals surface area contributed by atoms with E-state index in [9.17, 15) is 13.2 Å². The molecule has 1 fully saturated rings. The summed E-state index contributed by atoms with van der Waals surface area (Å²) in [6, 6.07) is 8.13. The van der Waals surface area contributed by atoms with E-state index in [4.69, 9.17) is 17.4 Å². The van der Waals surface area contributed by atoms with Gasteiger partial charge >= 0.3 is 0 Å². The SMILES string of the molecule is Nn1c(SCC(=O)Nc2cc(S(=O)(=O)N3CCCCCC3)ccc2Cl)nnc1-c1cccs1. The number of thiophene rings is 1. The summed E-state index contributed by atoms with van der Waals surface area (Å²) in [5, 5.41) is 13.4. The van der Waals surface area contributed by atoms with Gasteiger partial charge in [-0.15, -0.1) is 21.5 Å². The van der Waals surface area contributed by atoms with Gasteiger partial charge in [0.15, 0.2) is 5.82 Å². The Hall–Kier alpha value is -2.12. The molecule has 0 unspecified atom stereocenters. The number of benzene rings is 1. The Balaban J connectivity index is 1.43. The average Bonchev–Trinajstić information content (AvgIpc) is 3.35. The van der Waals surface area contributed by atoms with Crippen LogP contribution < -0.4 is 11.2 Å². The minimum atomic E-state index is -3.66. The maximum absolute atomic E-state index is 13.1. The monoisotopic (exact) mass is 526 g/mol. The van der Waals surface area contributed by atoms with E-state index in [0.717, 1.165) is 42.3 Å². The fourth-order valence-corrected chi connectivity index (χ4v) is 6.53. The predicted octanol–water partition coefficient (Wildman–Crippen LogP) is 3.67. The largest absolute Gasteiger partial charge is 0.335 e. The number of rotatable bonds is 7. The molecule has 0 saturated carbocycles. The molecule has 1 amide bonds. The molecule has 13 heteroatoms. The Morgan fingerprint density at radius 3 is 2.64 bits per heavy atom. The molecule has 1 saturated heterocycles. The Kier molecular flexibility index (Phi) is 7.59. The number of hydrogen-bond donors (Lipinski definition) is 2. The zero-order valence-electron chi connectivity index (χ0n) is 17.6. The van der Waals surface area contributed by atoms with Crippen LogP contribution in [0.5, 0.6) is 0 Å². The lowest BCUT2D eigenvalue weighted by Crippen LogP contribution is -2.32. The summed E-state index contributed by atoms with van der Waals surface area (Å²) >= 11 is 8.84. The second-order valence-electron chi connectivity index (χ2n) is 7.45. The van der Waals surface area contributed by atoms with Gasteiger partial charge in [0, 0.05) is 13.1 Å². The standard InChI is InChI=1S/C20H23ClN6O3S3/c21-15-8-7-14(33(29,30)26-9-3-1-2-4-10-26)12-16(15)23-18(28)13-32-20-25-24-19(27(20)22)17-6-5-11-31-17/h5-8,11-12H,1-4,9-10,13,22H2,(H,23,28). The number of nitrogens with two attached hydrogens (primary N) is 1. The fraction of sp³-hybridized carbons (Fsp3) is 0.350. The third-order valence-electron chi connectivity index (χ3n) is 5.15. The maximum atomic E-state index is 13.1. The number of sulfonamides is 1. The molecule has 1 aliphatic rings. The molecular formula is C20H23ClN6O3S3. The van der Waals surface area contributed by atoms with Gasteiger partial charge in [0.25, 0.3) is 0 Å². The first-order chi connectivity index (χ1) is 15.9. The van der Waals surface area contributed by atoms with Crippen molar-refractivity contribution >= 4 is 56.3 Å². The highest BCUT2D eigenvalue weighted by atomic mass is 35.5. The molecule has 0 spiro atoms. The number of thioether (sulfide) groups is 1. The average molecular weight is 527 g/mol. The predicted molar refractivity (Wildman–Crippen MR) is 132 cm³/mol. The fourth-order valence-electron chi connectivity index (χ4n) is 3.46. The Labute approximate surface area is 205 Å². The van der Waals surface area contributed by atoms with Gasteiger partial charge in [-0.25, -0.2) is 13.1 Å². The molecule has 1 aliphatic heterocycles. The Bertz CT molecular complexity index is 1220. The lowest BCUT2D eigenvalue weighted by Gasteiger charge is -2.20. The van der Waals surface area contributed by atoms with Crippen molar-refractivity contribution in [3.63, 3.8) is 0 Å². The molecule has 0 bridgehead atoms. The maximum Gasteiger partial charge on any atom is 0.243 e. The van der Waals surface area contributed by atoms with Crippen molar-refractivity contribution in [2.75, 3.05) is 30.0 Å². The number of carbonyl (C=O) groups is 1. The second kappa shape index (κ2) is 10.4. The second-order valence-corrected chi connectivity index (χ2v) is 11.7. The third kappa shape index (κ3) is 5.52. The lowest BCUT2D eigenvalue weighted by atomic mass is 10.2.